The quantitative estimate of drug-likeness (QED) is 0.462. The van der Waals surface area contributed by atoms with Crippen LogP contribution in [0.2, 0.25) is 0 Å². The minimum Gasteiger partial charge on any atom is -0.347 e. The van der Waals surface area contributed by atoms with E-state index in [4.69, 9.17) is 4.84 Å². The molecule has 0 bridgehead atoms. The minimum atomic E-state index is 0.956. The van der Waals surface area contributed by atoms with Gasteiger partial charge in [-0.15, -0.1) is 5.06 Å². The SMILES string of the molecule is C1=CN2C=C3ON3C2=CC1. The Morgan fingerprint density at radius 3 is 3.40 bits per heavy atom. The monoisotopic (exact) mass is 134 g/mol. The van der Waals surface area contributed by atoms with Crippen molar-refractivity contribution in [1.29, 1.82) is 0 Å². The number of fused-ring (bicyclic) bond motifs is 3. The molecule has 50 valence electrons. The van der Waals surface area contributed by atoms with E-state index in [1.54, 1.807) is 0 Å². The summed E-state index contributed by atoms with van der Waals surface area (Å²) >= 11 is 0. The third-order valence-electron chi connectivity index (χ3n) is 1.78. The molecule has 0 radical (unpaired) electrons. The largest absolute Gasteiger partial charge is 0.347 e. The molecule has 0 saturated carbocycles. The Labute approximate surface area is 58.4 Å². The first kappa shape index (κ1) is 4.44. The van der Waals surface area contributed by atoms with Crippen LogP contribution in [0.1, 0.15) is 6.42 Å². The van der Waals surface area contributed by atoms with Gasteiger partial charge in [0.2, 0.25) is 0 Å². The van der Waals surface area contributed by atoms with Crippen LogP contribution in [-0.4, -0.2) is 9.96 Å². The lowest BCUT2D eigenvalue weighted by molar-refractivity contribution is 0.205. The molecule has 3 heterocycles. The minimum absolute atomic E-state index is 0.956. The molecule has 1 fully saturated rings. The number of hydrogen-bond donors (Lipinski definition) is 0. The maximum Gasteiger partial charge on any atom is 0.279 e. The molecule has 3 nitrogen and oxygen atoms in total. The Kier molecular flexibility index (Phi) is 0.537. The van der Waals surface area contributed by atoms with Crippen molar-refractivity contribution in [2.45, 2.75) is 6.42 Å². The van der Waals surface area contributed by atoms with Crippen molar-refractivity contribution in [2.24, 2.45) is 0 Å². The maximum atomic E-state index is 5.07. The summed E-state index contributed by atoms with van der Waals surface area (Å²) < 4.78 is 0. The first-order chi connectivity index (χ1) is 4.95. The molecule has 0 atom stereocenters. The fourth-order valence-electron chi connectivity index (χ4n) is 1.25. The van der Waals surface area contributed by atoms with E-state index in [9.17, 15) is 0 Å². The molecule has 0 aromatic carbocycles. The summed E-state index contributed by atoms with van der Waals surface area (Å²) in [6.45, 7) is 0. The van der Waals surface area contributed by atoms with Crippen LogP contribution in [0.15, 0.2) is 36.3 Å². The van der Waals surface area contributed by atoms with Crippen molar-refractivity contribution < 1.29 is 4.84 Å². The predicted octanol–water partition coefficient (Wildman–Crippen LogP) is 1.11. The number of hydroxylamine groups is 2. The van der Waals surface area contributed by atoms with Gasteiger partial charge in [-0.25, -0.2) is 0 Å². The third-order valence-corrected chi connectivity index (χ3v) is 1.78. The molecule has 0 aromatic rings. The molecule has 3 aliphatic rings. The van der Waals surface area contributed by atoms with Crippen LogP contribution < -0.4 is 0 Å². The Hall–Kier alpha value is -1.38. The molecule has 1 saturated heterocycles. The molecule has 0 unspecified atom stereocenters. The number of hydrogen-bond acceptors (Lipinski definition) is 3. The zero-order chi connectivity index (χ0) is 6.55. The van der Waals surface area contributed by atoms with Crippen LogP contribution >= 0.6 is 0 Å². The summed E-state index contributed by atoms with van der Waals surface area (Å²) in [5, 5.41) is 1.82. The average molecular weight is 134 g/mol. The lowest BCUT2D eigenvalue weighted by Crippen LogP contribution is -2.13. The fourth-order valence-corrected chi connectivity index (χ4v) is 1.25. The summed E-state index contributed by atoms with van der Waals surface area (Å²) in [4.78, 5) is 7.13. The van der Waals surface area contributed by atoms with Gasteiger partial charge in [0.15, 0.2) is 5.82 Å². The molecule has 10 heavy (non-hydrogen) atoms. The van der Waals surface area contributed by atoms with Crippen LogP contribution in [0.25, 0.3) is 0 Å². The van der Waals surface area contributed by atoms with E-state index in [-0.39, 0.29) is 0 Å². The summed E-state index contributed by atoms with van der Waals surface area (Å²) in [6.07, 6.45) is 9.29. The van der Waals surface area contributed by atoms with Gasteiger partial charge < -0.3 is 9.74 Å². The molecular formula is C7H6N2O. The summed E-state index contributed by atoms with van der Waals surface area (Å²) in [6, 6.07) is 0. The van der Waals surface area contributed by atoms with Gasteiger partial charge in [0.1, 0.15) is 0 Å². The zero-order valence-electron chi connectivity index (χ0n) is 5.32. The van der Waals surface area contributed by atoms with E-state index in [2.05, 4.69) is 23.3 Å². The number of allylic oxidation sites excluding steroid dienone is 2. The zero-order valence-corrected chi connectivity index (χ0v) is 5.32. The molecule has 0 amide bonds. The van der Waals surface area contributed by atoms with Gasteiger partial charge in [-0.2, -0.15) is 0 Å². The van der Waals surface area contributed by atoms with Gasteiger partial charge in [0.25, 0.3) is 5.88 Å². The summed E-state index contributed by atoms with van der Waals surface area (Å²) in [5.74, 6) is 2.09. The standard InChI is InChI=1S/C7H6N2O/c1-2-4-8-5-7-9(10-7)6(8)3-1/h2-5H,1H2. The number of nitrogens with zero attached hydrogens (tertiary/aromatic N) is 2. The van der Waals surface area contributed by atoms with E-state index in [1.807, 2.05) is 11.3 Å². The van der Waals surface area contributed by atoms with Crippen LogP contribution in [0.4, 0.5) is 0 Å². The molecule has 0 aromatic heterocycles. The molecule has 0 spiro atoms. The molecule has 3 heteroatoms. The highest BCUT2D eigenvalue weighted by Gasteiger charge is 2.42. The van der Waals surface area contributed by atoms with E-state index < -0.39 is 0 Å². The highest BCUT2D eigenvalue weighted by molar-refractivity contribution is 5.28. The number of rotatable bonds is 0. The molecule has 0 N–H and O–H groups in total. The van der Waals surface area contributed by atoms with E-state index in [1.165, 1.54) is 0 Å². The van der Waals surface area contributed by atoms with Crippen molar-refractivity contribution in [3.05, 3.63) is 36.3 Å². The Balaban J connectivity index is 2.09. The second-order valence-electron chi connectivity index (χ2n) is 2.44. The Morgan fingerprint density at radius 1 is 1.50 bits per heavy atom. The van der Waals surface area contributed by atoms with Gasteiger partial charge in [-0.05, 0) is 12.5 Å². The van der Waals surface area contributed by atoms with Crippen molar-refractivity contribution >= 4 is 0 Å². The predicted molar refractivity (Wildman–Crippen MR) is 34.7 cm³/mol. The highest BCUT2D eigenvalue weighted by Crippen LogP contribution is 2.40. The van der Waals surface area contributed by atoms with Gasteiger partial charge in [0, 0.05) is 6.20 Å². The first-order valence-electron chi connectivity index (χ1n) is 3.30. The molecule has 3 aliphatic heterocycles. The second kappa shape index (κ2) is 1.21. The maximum absolute atomic E-state index is 5.07. The van der Waals surface area contributed by atoms with Crippen LogP contribution in [-0.2, 0) is 4.84 Å². The first-order valence-corrected chi connectivity index (χ1v) is 3.30. The molecular weight excluding hydrogens is 128 g/mol. The fraction of sp³-hybridized carbons (Fsp3) is 0.143. The van der Waals surface area contributed by atoms with Gasteiger partial charge in [-0.3, -0.25) is 0 Å². The Morgan fingerprint density at radius 2 is 2.50 bits per heavy atom. The average Bonchev–Trinajstić information content (AvgIpc) is 2.64. The van der Waals surface area contributed by atoms with E-state index in [0.717, 1.165) is 18.1 Å². The van der Waals surface area contributed by atoms with Crippen LogP contribution in [0, 0.1) is 0 Å². The van der Waals surface area contributed by atoms with Gasteiger partial charge >= 0.3 is 0 Å². The van der Waals surface area contributed by atoms with E-state index in [0.29, 0.717) is 0 Å². The van der Waals surface area contributed by atoms with Gasteiger partial charge in [0.05, 0.1) is 6.20 Å². The van der Waals surface area contributed by atoms with Crippen molar-refractivity contribution in [2.75, 3.05) is 0 Å². The third kappa shape index (κ3) is 0.375. The second-order valence-corrected chi connectivity index (χ2v) is 2.44. The molecule has 3 rings (SSSR count). The highest BCUT2D eigenvalue weighted by atomic mass is 16.8. The van der Waals surface area contributed by atoms with E-state index >= 15 is 0 Å². The van der Waals surface area contributed by atoms with Crippen molar-refractivity contribution in [3.8, 4) is 0 Å². The van der Waals surface area contributed by atoms with Gasteiger partial charge in [-0.1, -0.05) is 6.08 Å². The lowest BCUT2D eigenvalue weighted by Gasteiger charge is -2.15. The normalized spacial score (nSPS) is 24.8. The smallest absolute Gasteiger partial charge is 0.279 e. The lowest BCUT2D eigenvalue weighted by atomic mass is 10.3. The van der Waals surface area contributed by atoms with Crippen LogP contribution in [0.3, 0.4) is 0 Å². The summed E-state index contributed by atoms with van der Waals surface area (Å²) in [7, 11) is 0. The van der Waals surface area contributed by atoms with Crippen molar-refractivity contribution in [1.82, 2.24) is 9.96 Å². The van der Waals surface area contributed by atoms with Crippen LogP contribution in [0.5, 0.6) is 0 Å². The Bertz CT molecular complexity index is 277. The summed E-state index contributed by atoms with van der Waals surface area (Å²) in [5.41, 5.74) is 0. The van der Waals surface area contributed by atoms with Crippen molar-refractivity contribution in [3.63, 3.8) is 0 Å². The topological polar surface area (TPSA) is 18.8 Å². The molecule has 0 aliphatic carbocycles.